The third-order valence-corrected chi connectivity index (χ3v) is 2.91. The Kier molecular flexibility index (Phi) is 2.87. The molecule has 1 aliphatic heterocycles. The maximum atomic E-state index is 11.9. The lowest BCUT2D eigenvalue weighted by Gasteiger charge is -2.48. The number of ether oxygens (including phenoxy) is 1. The van der Waals surface area contributed by atoms with Gasteiger partial charge in [-0.15, -0.1) is 0 Å². The van der Waals surface area contributed by atoms with Gasteiger partial charge in [0.2, 0.25) is 0 Å². The van der Waals surface area contributed by atoms with Gasteiger partial charge in [0.1, 0.15) is 11.2 Å². The molecule has 0 atom stereocenters. The Labute approximate surface area is 91.0 Å². The number of rotatable bonds is 2. The van der Waals surface area contributed by atoms with Crippen LogP contribution in [0.3, 0.4) is 0 Å². The van der Waals surface area contributed by atoms with E-state index in [1.54, 1.807) is 13.8 Å². The molecular formula is C11H21NO3. The van der Waals surface area contributed by atoms with Crippen LogP contribution in [0.25, 0.3) is 0 Å². The Hall–Kier alpha value is -0.610. The van der Waals surface area contributed by atoms with Gasteiger partial charge in [0.25, 0.3) is 0 Å². The van der Waals surface area contributed by atoms with Crippen LogP contribution in [0.15, 0.2) is 0 Å². The van der Waals surface area contributed by atoms with Gasteiger partial charge >= 0.3 is 5.97 Å². The maximum Gasteiger partial charge on any atom is 0.315 e. The zero-order chi connectivity index (χ0) is 11.9. The molecule has 4 nitrogen and oxygen atoms in total. The maximum absolute atomic E-state index is 11.9. The summed E-state index contributed by atoms with van der Waals surface area (Å²) in [6.45, 7) is 9.81. The van der Waals surface area contributed by atoms with Gasteiger partial charge in [-0.2, -0.15) is 0 Å². The normalized spacial score (nSPS) is 20.7. The van der Waals surface area contributed by atoms with Crippen molar-refractivity contribution in [2.45, 2.75) is 45.8 Å². The number of carbonyl (C=O) groups excluding carboxylic acids is 1. The van der Waals surface area contributed by atoms with Crippen LogP contribution in [0.4, 0.5) is 0 Å². The molecule has 15 heavy (non-hydrogen) atoms. The first-order chi connectivity index (χ1) is 6.58. The van der Waals surface area contributed by atoms with Crippen molar-refractivity contribution in [1.29, 1.82) is 0 Å². The number of esters is 1. The van der Waals surface area contributed by atoms with Crippen molar-refractivity contribution in [1.82, 2.24) is 5.32 Å². The molecule has 0 aromatic rings. The fourth-order valence-corrected chi connectivity index (χ4v) is 1.40. The lowest BCUT2D eigenvalue weighted by Crippen LogP contribution is -2.69. The quantitative estimate of drug-likeness (QED) is 0.665. The van der Waals surface area contributed by atoms with Gasteiger partial charge in [-0.1, -0.05) is 0 Å². The molecule has 0 aliphatic carbocycles. The Morgan fingerprint density at radius 3 is 2.00 bits per heavy atom. The van der Waals surface area contributed by atoms with E-state index in [2.05, 4.69) is 5.32 Å². The molecule has 0 aromatic carbocycles. The third kappa shape index (κ3) is 2.32. The number of nitrogens with one attached hydrogen (secondary N) is 1. The number of β-amino-alcohol motifs (C(OH)–C–C–N with tert-alkyl or cyclic N) is 1. The minimum atomic E-state index is -0.977. The van der Waals surface area contributed by atoms with Crippen molar-refractivity contribution in [2.75, 3.05) is 13.1 Å². The van der Waals surface area contributed by atoms with E-state index in [0.29, 0.717) is 13.1 Å². The first-order valence-electron chi connectivity index (χ1n) is 5.25. The fourth-order valence-electron chi connectivity index (χ4n) is 1.40. The predicted molar refractivity (Wildman–Crippen MR) is 57.4 cm³/mol. The van der Waals surface area contributed by atoms with Gasteiger partial charge in [0.05, 0.1) is 5.41 Å². The second kappa shape index (κ2) is 3.46. The van der Waals surface area contributed by atoms with Crippen LogP contribution < -0.4 is 5.32 Å². The molecule has 1 fully saturated rings. The Morgan fingerprint density at radius 1 is 1.27 bits per heavy atom. The second-order valence-electron chi connectivity index (χ2n) is 5.76. The van der Waals surface area contributed by atoms with Crippen LogP contribution in [-0.4, -0.2) is 35.4 Å². The molecule has 1 aliphatic rings. The summed E-state index contributed by atoms with van der Waals surface area (Å²) in [5, 5.41) is 13.1. The molecule has 2 N–H and O–H groups in total. The Morgan fingerprint density at radius 2 is 1.73 bits per heavy atom. The van der Waals surface area contributed by atoms with Crippen LogP contribution in [0, 0.1) is 5.41 Å². The summed E-state index contributed by atoms with van der Waals surface area (Å²) in [7, 11) is 0. The molecule has 0 spiro atoms. The van der Waals surface area contributed by atoms with Gasteiger partial charge in [-0.05, 0) is 34.6 Å². The lowest BCUT2D eigenvalue weighted by atomic mass is 9.71. The van der Waals surface area contributed by atoms with Crippen molar-refractivity contribution in [3.8, 4) is 0 Å². The minimum absolute atomic E-state index is 0.348. The summed E-state index contributed by atoms with van der Waals surface area (Å²) in [6, 6.07) is 0. The highest BCUT2D eigenvalue weighted by Gasteiger charge is 2.54. The van der Waals surface area contributed by atoms with Crippen molar-refractivity contribution >= 4 is 5.97 Å². The van der Waals surface area contributed by atoms with Gasteiger partial charge in [0, 0.05) is 13.1 Å². The zero-order valence-corrected chi connectivity index (χ0v) is 10.2. The molecular weight excluding hydrogens is 194 g/mol. The number of hydrogen-bond donors (Lipinski definition) is 2. The summed E-state index contributed by atoms with van der Waals surface area (Å²) < 4.78 is 5.30. The molecule has 4 heteroatoms. The van der Waals surface area contributed by atoms with E-state index in [-0.39, 0.29) is 5.97 Å². The lowest BCUT2D eigenvalue weighted by molar-refractivity contribution is -0.188. The highest BCUT2D eigenvalue weighted by atomic mass is 16.6. The summed E-state index contributed by atoms with van der Waals surface area (Å²) in [6.07, 6.45) is 0. The number of aliphatic hydroxyl groups is 1. The predicted octanol–water partition coefficient (Wildman–Crippen LogP) is 0.689. The largest absolute Gasteiger partial charge is 0.459 e. The monoisotopic (exact) mass is 215 g/mol. The van der Waals surface area contributed by atoms with E-state index in [1.165, 1.54) is 0 Å². The van der Waals surface area contributed by atoms with Gasteiger partial charge in [-0.3, -0.25) is 4.79 Å². The van der Waals surface area contributed by atoms with Crippen LogP contribution >= 0.6 is 0 Å². The average Bonchev–Trinajstić information content (AvgIpc) is 1.96. The highest BCUT2D eigenvalue weighted by Crippen LogP contribution is 2.36. The van der Waals surface area contributed by atoms with E-state index >= 15 is 0 Å². The second-order valence-corrected chi connectivity index (χ2v) is 5.76. The summed E-state index contributed by atoms with van der Waals surface area (Å²) in [5.74, 6) is -0.348. The van der Waals surface area contributed by atoms with Gasteiger partial charge < -0.3 is 15.2 Å². The minimum Gasteiger partial charge on any atom is -0.459 e. The number of hydrogen-bond acceptors (Lipinski definition) is 4. The van der Waals surface area contributed by atoms with Crippen LogP contribution in [0.5, 0.6) is 0 Å². The molecule has 0 bridgehead atoms. The third-order valence-electron chi connectivity index (χ3n) is 2.91. The van der Waals surface area contributed by atoms with Crippen molar-refractivity contribution in [3.63, 3.8) is 0 Å². The molecule has 88 valence electrons. The van der Waals surface area contributed by atoms with E-state index in [4.69, 9.17) is 4.74 Å². The molecule has 0 radical (unpaired) electrons. The average molecular weight is 215 g/mol. The molecule has 0 unspecified atom stereocenters. The molecule has 1 saturated heterocycles. The first kappa shape index (κ1) is 12.5. The smallest absolute Gasteiger partial charge is 0.315 e. The standard InChI is InChI=1S/C11H21NO3/c1-9(2,3)15-8(13)10(4,5)11(14)6-12-7-11/h12,14H,6-7H2,1-5H3. The molecule has 1 rings (SSSR count). The summed E-state index contributed by atoms with van der Waals surface area (Å²) in [4.78, 5) is 11.9. The fraction of sp³-hybridized carbons (Fsp3) is 0.909. The topological polar surface area (TPSA) is 58.6 Å². The van der Waals surface area contributed by atoms with Gasteiger partial charge in [0.15, 0.2) is 0 Å². The molecule has 0 aromatic heterocycles. The Bertz CT molecular complexity index is 261. The molecule has 0 amide bonds. The van der Waals surface area contributed by atoms with Crippen LogP contribution in [-0.2, 0) is 9.53 Å². The summed E-state index contributed by atoms with van der Waals surface area (Å²) >= 11 is 0. The van der Waals surface area contributed by atoms with Crippen molar-refractivity contribution in [3.05, 3.63) is 0 Å². The van der Waals surface area contributed by atoms with Crippen molar-refractivity contribution in [2.24, 2.45) is 5.41 Å². The van der Waals surface area contributed by atoms with E-state index < -0.39 is 16.6 Å². The van der Waals surface area contributed by atoms with Gasteiger partial charge in [-0.25, -0.2) is 0 Å². The van der Waals surface area contributed by atoms with E-state index in [9.17, 15) is 9.90 Å². The zero-order valence-electron chi connectivity index (χ0n) is 10.2. The molecule has 1 heterocycles. The first-order valence-corrected chi connectivity index (χ1v) is 5.25. The highest BCUT2D eigenvalue weighted by molar-refractivity contribution is 5.78. The van der Waals surface area contributed by atoms with E-state index in [1.807, 2.05) is 20.8 Å². The van der Waals surface area contributed by atoms with Crippen LogP contribution in [0.1, 0.15) is 34.6 Å². The SMILES string of the molecule is CC(C)(C)OC(=O)C(C)(C)C1(O)CNC1. The molecule has 0 saturated carbocycles. The van der Waals surface area contributed by atoms with Crippen molar-refractivity contribution < 1.29 is 14.6 Å². The number of carbonyl (C=O) groups is 1. The van der Waals surface area contributed by atoms with Crippen LogP contribution in [0.2, 0.25) is 0 Å². The summed E-state index contributed by atoms with van der Waals surface area (Å²) in [5.41, 5.74) is -2.36. The van der Waals surface area contributed by atoms with E-state index in [0.717, 1.165) is 0 Å². The Balaban J connectivity index is 2.73.